The van der Waals surface area contributed by atoms with Crippen LogP contribution in [0.15, 0.2) is 17.1 Å². The highest BCUT2D eigenvalue weighted by molar-refractivity contribution is 5.94. The third-order valence-electron chi connectivity index (χ3n) is 4.64. The molecule has 1 aromatic heterocycles. The zero-order valence-corrected chi connectivity index (χ0v) is 13.4. The van der Waals surface area contributed by atoms with Crippen molar-refractivity contribution in [3.8, 4) is 0 Å². The molecule has 3 atom stereocenters. The average Bonchev–Trinajstić information content (AvgIpc) is 2.37. The van der Waals surface area contributed by atoms with Gasteiger partial charge in [0.2, 0.25) is 0 Å². The Morgan fingerprint density at radius 3 is 2.71 bits per heavy atom. The average molecular weight is 290 g/mol. The molecule has 116 valence electrons. The van der Waals surface area contributed by atoms with E-state index in [2.05, 4.69) is 31.1 Å². The number of carbonyl (C=O) groups is 1. The largest absolute Gasteiger partial charge is 0.364 e. The van der Waals surface area contributed by atoms with Crippen LogP contribution in [0, 0.1) is 24.7 Å². The van der Waals surface area contributed by atoms with Gasteiger partial charge < -0.3 is 10.3 Å². The van der Waals surface area contributed by atoms with Crippen molar-refractivity contribution in [2.24, 2.45) is 17.8 Å². The number of carbonyl (C=O) groups excluding carboxylic acids is 1. The molecule has 1 fully saturated rings. The molecule has 0 aliphatic heterocycles. The molecular formula is C17H26N2O2. The van der Waals surface area contributed by atoms with Gasteiger partial charge in [0.05, 0.1) is 0 Å². The summed E-state index contributed by atoms with van der Waals surface area (Å²) in [5.74, 6) is 1.41. The fourth-order valence-electron chi connectivity index (χ4n) is 3.36. The number of aromatic amines is 1. The number of hydrogen-bond donors (Lipinski definition) is 2. The van der Waals surface area contributed by atoms with Gasteiger partial charge in [0, 0.05) is 24.0 Å². The second-order valence-electron chi connectivity index (χ2n) is 6.80. The predicted octanol–water partition coefficient (Wildman–Crippen LogP) is 2.87. The second-order valence-corrected chi connectivity index (χ2v) is 6.80. The highest BCUT2D eigenvalue weighted by Crippen LogP contribution is 2.33. The van der Waals surface area contributed by atoms with Gasteiger partial charge in [-0.1, -0.05) is 27.2 Å². The van der Waals surface area contributed by atoms with Gasteiger partial charge in [0.25, 0.3) is 5.91 Å². The molecule has 21 heavy (non-hydrogen) atoms. The van der Waals surface area contributed by atoms with E-state index in [0.717, 1.165) is 18.5 Å². The van der Waals surface area contributed by atoms with Gasteiger partial charge >= 0.3 is 0 Å². The lowest BCUT2D eigenvalue weighted by atomic mass is 9.74. The summed E-state index contributed by atoms with van der Waals surface area (Å²) in [6, 6.07) is 1.64. The van der Waals surface area contributed by atoms with E-state index in [1.807, 2.05) is 0 Å². The maximum absolute atomic E-state index is 12.4. The molecule has 4 nitrogen and oxygen atoms in total. The molecule has 0 bridgehead atoms. The van der Waals surface area contributed by atoms with Crippen molar-refractivity contribution in [2.45, 2.75) is 53.0 Å². The lowest BCUT2D eigenvalue weighted by Crippen LogP contribution is -2.46. The Morgan fingerprint density at radius 2 is 2.10 bits per heavy atom. The number of H-pyrrole nitrogens is 1. The van der Waals surface area contributed by atoms with Crippen LogP contribution in [0.25, 0.3) is 0 Å². The SMILES string of the molecule is Cc1cc(=O)c(C(=O)NC2CC(C)CCC2C(C)C)c[nH]1. The van der Waals surface area contributed by atoms with Crippen LogP contribution in [0.3, 0.4) is 0 Å². The van der Waals surface area contributed by atoms with Gasteiger partial charge in [-0.2, -0.15) is 0 Å². The van der Waals surface area contributed by atoms with Gasteiger partial charge in [-0.3, -0.25) is 9.59 Å². The van der Waals surface area contributed by atoms with Crippen molar-refractivity contribution in [3.05, 3.63) is 33.7 Å². The van der Waals surface area contributed by atoms with Crippen molar-refractivity contribution in [3.63, 3.8) is 0 Å². The Kier molecular flexibility index (Phi) is 4.86. The zero-order chi connectivity index (χ0) is 15.6. The molecule has 0 saturated heterocycles. The molecule has 0 aromatic carbocycles. The van der Waals surface area contributed by atoms with E-state index in [0.29, 0.717) is 17.8 Å². The van der Waals surface area contributed by atoms with Crippen LogP contribution >= 0.6 is 0 Å². The fourth-order valence-corrected chi connectivity index (χ4v) is 3.36. The van der Waals surface area contributed by atoms with E-state index < -0.39 is 0 Å². The number of nitrogens with one attached hydrogen (secondary N) is 2. The van der Waals surface area contributed by atoms with E-state index in [1.54, 1.807) is 6.92 Å². The highest BCUT2D eigenvalue weighted by atomic mass is 16.2. The third-order valence-corrected chi connectivity index (χ3v) is 4.64. The molecular weight excluding hydrogens is 264 g/mol. The number of aromatic nitrogens is 1. The minimum Gasteiger partial charge on any atom is -0.364 e. The van der Waals surface area contributed by atoms with E-state index in [9.17, 15) is 9.59 Å². The van der Waals surface area contributed by atoms with E-state index in [-0.39, 0.29) is 22.9 Å². The summed E-state index contributed by atoms with van der Waals surface area (Å²) in [5, 5.41) is 3.10. The topological polar surface area (TPSA) is 62.0 Å². The van der Waals surface area contributed by atoms with Crippen molar-refractivity contribution in [2.75, 3.05) is 0 Å². The molecule has 0 radical (unpaired) electrons. The highest BCUT2D eigenvalue weighted by Gasteiger charge is 2.32. The molecule has 1 aromatic rings. The quantitative estimate of drug-likeness (QED) is 0.899. The number of aryl methyl sites for hydroxylation is 1. The first-order chi connectivity index (χ1) is 9.88. The number of amides is 1. The van der Waals surface area contributed by atoms with Gasteiger partial charge in [0.1, 0.15) is 5.56 Å². The first-order valence-electron chi connectivity index (χ1n) is 7.88. The Balaban J connectivity index is 2.14. The molecule has 0 spiro atoms. The fraction of sp³-hybridized carbons (Fsp3) is 0.647. The zero-order valence-electron chi connectivity index (χ0n) is 13.4. The summed E-state index contributed by atoms with van der Waals surface area (Å²) in [4.78, 5) is 27.3. The molecule has 2 N–H and O–H groups in total. The Hall–Kier alpha value is -1.58. The van der Waals surface area contributed by atoms with Crippen LogP contribution in [-0.4, -0.2) is 16.9 Å². The second kappa shape index (κ2) is 6.46. The van der Waals surface area contributed by atoms with Crippen LogP contribution in [0.4, 0.5) is 0 Å². The molecule has 1 aliphatic carbocycles. The van der Waals surface area contributed by atoms with Crippen molar-refractivity contribution in [1.29, 1.82) is 0 Å². The summed E-state index contributed by atoms with van der Waals surface area (Å²) < 4.78 is 0. The third kappa shape index (κ3) is 3.74. The summed E-state index contributed by atoms with van der Waals surface area (Å²) in [5.41, 5.74) is 0.762. The summed E-state index contributed by atoms with van der Waals surface area (Å²) in [7, 11) is 0. The minimum atomic E-state index is -0.249. The van der Waals surface area contributed by atoms with Gasteiger partial charge in [0.15, 0.2) is 5.43 Å². The van der Waals surface area contributed by atoms with E-state index in [1.165, 1.54) is 18.7 Å². The van der Waals surface area contributed by atoms with E-state index >= 15 is 0 Å². The Labute approximate surface area is 126 Å². The van der Waals surface area contributed by atoms with Crippen LogP contribution in [-0.2, 0) is 0 Å². The predicted molar refractivity (Wildman–Crippen MR) is 84.4 cm³/mol. The molecule has 1 aliphatic rings. The lowest BCUT2D eigenvalue weighted by molar-refractivity contribution is 0.0866. The Bertz CT molecular complexity index is 562. The summed E-state index contributed by atoms with van der Waals surface area (Å²) in [6.07, 6.45) is 4.89. The molecule has 1 heterocycles. The number of pyridine rings is 1. The van der Waals surface area contributed by atoms with Crippen molar-refractivity contribution >= 4 is 5.91 Å². The molecule has 2 rings (SSSR count). The minimum absolute atomic E-state index is 0.168. The molecule has 4 heteroatoms. The maximum Gasteiger partial charge on any atom is 0.256 e. The smallest absolute Gasteiger partial charge is 0.256 e. The molecule has 1 amide bonds. The summed E-state index contributed by atoms with van der Waals surface area (Å²) >= 11 is 0. The van der Waals surface area contributed by atoms with Crippen LogP contribution in [0.1, 0.15) is 56.1 Å². The first-order valence-corrected chi connectivity index (χ1v) is 7.88. The number of rotatable bonds is 3. The van der Waals surface area contributed by atoms with Gasteiger partial charge in [-0.25, -0.2) is 0 Å². The van der Waals surface area contributed by atoms with Crippen LogP contribution < -0.4 is 10.7 Å². The normalized spacial score (nSPS) is 25.9. The first kappa shape index (κ1) is 15.8. The van der Waals surface area contributed by atoms with Crippen LogP contribution in [0.2, 0.25) is 0 Å². The molecule has 1 saturated carbocycles. The summed E-state index contributed by atoms with van der Waals surface area (Å²) in [6.45, 7) is 8.45. The lowest BCUT2D eigenvalue weighted by Gasteiger charge is -2.37. The standard InChI is InChI=1S/C17H26N2O2/c1-10(2)13-6-5-11(3)7-15(13)19-17(21)14-9-18-12(4)8-16(14)20/h8-11,13,15H,5-7H2,1-4H3,(H,18,20)(H,19,21). The molecule has 3 unspecified atom stereocenters. The van der Waals surface area contributed by atoms with Crippen LogP contribution in [0.5, 0.6) is 0 Å². The van der Waals surface area contributed by atoms with E-state index in [4.69, 9.17) is 0 Å². The van der Waals surface area contributed by atoms with Gasteiger partial charge in [-0.15, -0.1) is 0 Å². The van der Waals surface area contributed by atoms with Gasteiger partial charge in [-0.05, 0) is 37.5 Å². The number of hydrogen-bond acceptors (Lipinski definition) is 2. The van der Waals surface area contributed by atoms with Crippen molar-refractivity contribution in [1.82, 2.24) is 10.3 Å². The maximum atomic E-state index is 12.4. The van der Waals surface area contributed by atoms with Crippen molar-refractivity contribution < 1.29 is 4.79 Å². The monoisotopic (exact) mass is 290 g/mol. The Morgan fingerprint density at radius 1 is 1.38 bits per heavy atom.